The first kappa shape index (κ1) is 23.7. The lowest BCUT2D eigenvalue weighted by Gasteiger charge is -2.23. The number of aromatic hydroxyl groups is 1. The summed E-state index contributed by atoms with van der Waals surface area (Å²) >= 11 is 0. The zero-order valence-electron chi connectivity index (χ0n) is 19.4. The first-order valence-corrected chi connectivity index (χ1v) is 11.3. The molecule has 0 saturated heterocycles. The second kappa shape index (κ2) is 11.0. The van der Waals surface area contributed by atoms with Crippen molar-refractivity contribution >= 4 is 11.0 Å². The van der Waals surface area contributed by atoms with Gasteiger partial charge < -0.3 is 19.0 Å². The molecule has 0 fully saturated rings. The molecule has 3 aromatic rings. The fraction of sp³-hybridized carbons (Fsp3) is 0.423. The second-order valence-corrected chi connectivity index (χ2v) is 8.02. The van der Waals surface area contributed by atoms with Gasteiger partial charge in [-0.15, -0.1) is 0 Å². The second-order valence-electron chi connectivity index (χ2n) is 8.02. The third-order valence-corrected chi connectivity index (χ3v) is 5.56. The van der Waals surface area contributed by atoms with Crippen LogP contribution in [0, 0.1) is 6.92 Å². The van der Waals surface area contributed by atoms with Gasteiger partial charge in [-0.2, -0.15) is 0 Å². The molecule has 1 heterocycles. The molecule has 0 unspecified atom stereocenters. The SMILES string of the molecule is CCCCN(CCCC)Cc1c(O)ccc2c(=O)c(Oc3cccc(OC)c3)c(C)oc12. The number of hydrogen-bond donors (Lipinski definition) is 1. The Balaban J connectivity index is 2.01. The molecular formula is C26H33NO5. The number of benzene rings is 2. The Labute approximate surface area is 189 Å². The number of aryl methyl sites for hydroxylation is 1. The number of phenolic OH excluding ortho intramolecular Hbond substituents is 1. The highest BCUT2D eigenvalue weighted by Crippen LogP contribution is 2.32. The predicted octanol–water partition coefficient (Wildman–Crippen LogP) is 6.01. The van der Waals surface area contributed by atoms with Gasteiger partial charge in [-0.25, -0.2) is 0 Å². The molecule has 0 aliphatic heterocycles. The van der Waals surface area contributed by atoms with Gasteiger partial charge in [-0.3, -0.25) is 9.69 Å². The first-order valence-electron chi connectivity index (χ1n) is 11.3. The van der Waals surface area contributed by atoms with Crippen molar-refractivity contribution in [2.24, 2.45) is 0 Å². The molecule has 2 aromatic carbocycles. The van der Waals surface area contributed by atoms with Gasteiger partial charge in [0, 0.05) is 12.6 Å². The molecule has 0 aliphatic rings. The smallest absolute Gasteiger partial charge is 0.235 e. The molecule has 0 atom stereocenters. The van der Waals surface area contributed by atoms with Crippen LogP contribution in [0.15, 0.2) is 45.6 Å². The Morgan fingerprint density at radius 1 is 1.03 bits per heavy atom. The van der Waals surface area contributed by atoms with Crippen molar-refractivity contribution in [3.05, 3.63) is 57.9 Å². The van der Waals surface area contributed by atoms with E-state index in [1.807, 2.05) is 0 Å². The molecule has 1 aromatic heterocycles. The number of fused-ring (bicyclic) bond motifs is 1. The molecule has 0 saturated carbocycles. The molecule has 1 N–H and O–H groups in total. The van der Waals surface area contributed by atoms with Crippen molar-refractivity contribution < 1.29 is 19.0 Å². The third-order valence-electron chi connectivity index (χ3n) is 5.56. The zero-order valence-corrected chi connectivity index (χ0v) is 19.4. The van der Waals surface area contributed by atoms with Crippen LogP contribution >= 0.6 is 0 Å². The van der Waals surface area contributed by atoms with Gasteiger partial charge >= 0.3 is 0 Å². The van der Waals surface area contributed by atoms with Crippen LogP contribution in [-0.4, -0.2) is 30.2 Å². The van der Waals surface area contributed by atoms with Crippen molar-refractivity contribution in [3.63, 3.8) is 0 Å². The molecule has 0 bridgehead atoms. The monoisotopic (exact) mass is 439 g/mol. The van der Waals surface area contributed by atoms with Crippen molar-refractivity contribution in [2.45, 2.75) is 53.0 Å². The summed E-state index contributed by atoms with van der Waals surface area (Å²) in [5, 5.41) is 11.0. The lowest BCUT2D eigenvalue weighted by Crippen LogP contribution is -2.26. The number of hydrogen-bond acceptors (Lipinski definition) is 6. The standard InChI is InChI=1S/C26H33NO5/c1-5-7-14-27(15-8-6-2)17-22-23(28)13-12-21-24(29)25(18(3)31-26(21)22)32-20-11-9-10-19(16-20)30-4/h9-13,16,28H,5-8,14-15,17H2,1-4H3. The Bertz CT molecular complexity index is 1100. The Kier molecular flexibility index (Phi) is 8.17. The van der Waals surface area contributed by atoms with E-state index in [0.717, 1.165) is 38.8 Å². The van der Waals surface area contributed by atoms with Gasteiger partial charge in [0.25, 0.3) is 0 Å². The fourth-order valence-corrected chi connectivity index (χ4v) is 3.70. The Morgan fingerprint density at radius 3 is 2.38 bits per heavy atom. The van der Waals surface area contributed by atoms with Gasteiger partial charge in [-0.05, 0) is 57.1 Å². The Hall–Kier alpha value is -2.99. The summed E-state index contributed by atoms with van der Waals surface area (Å²) in [6.45, 7) is 8.44. The van der Waals surface area contributed by atoms with Crippen molar-refractivity contribution in [3.8, 4) is 23.0 Å². The quantitative estimate of drug-likeness (QED) is 0.394. The summed E-state index contributed by atoms with van der Waals surface area (Å²) in [6.07, 6.45) is 4.36. The first-order chi connectivity index (χ1) is 15.5. The molecule has 0 radical (unpaired) electrons. The molecule has 6 nitrogen and oxygen atoms in total. The maximum absolute atomic E-state index is 13.3. The van der Waals surface area contributed by atoms with E-state index in [9.17, 15) is 9.90 Å². The van der Waals surface area contributed by atoms with Crippen molar-refractivity contribution in [2.75, 3.05) is 20.2 Å². The van der Waals surface area contributed by atoms with Gasteiger partial charge in [0.15, 0.2) is 0 Å². The van der Waals surface area contributed by atoms with Crippen LogP contribution in [0.5, 0.6) is 23.0 Å². The normalized spacial score (nSPS) is 11.3. The Morgan fingerprint density at radius 2 is 1.72 bits per heavy atom. The summed E-state index contributed by atoms with van der Waals surface area (Å²) in [4.78, 5) is 15.6. The summed E-state index contributed by atoms with van der Waals surface area (Å²) in [5.74, 6) is 1.77. The average Bonchev–Trinajstić information content (AvgIpc) is 2.80. The molecule has 3 rings (SSSR count). The fourth-order valence-electron chi connectivity index (χ4n) is 3.70. The maximum atomic E-state index is 13.3. The third kappa shape index (κ3) is 5.43. The summed E-state index contributed by atoms with van der Waals surface area (Å²) in [5.41, 5.74) is 0.799. The van der Waals surface area contributed by atoms with Crippen LogP contribution in [0.1, 0.15) is 50.9 Å². The predicted molar refractivity (Wildman–Crippen MR) is 127 cm³/mol. The van der Waals surface area contributed by atoms with Crippen molar-refractivity contribution in [1.82, 2.24) is 4.90 Å². The number of methoxy groups -OCH3 is 1. The lowest BCUT2D eigenvalue weighted by atomic mass is 10.1. The van der Waals surface area contributed by atoms with E-state index >= 15 is 0 Å². The van der Waals surface area contributed by atoms with Gasteiger partial charge in [0.1, 0.15) is 28.6 Å². The summed E-state index contributed by atoms with van der Waals surface area (Å²) in [7, 11) is 1.58. The minimum Gasteiger partial charge on any atom is -0.507 e. The van der Waals surface area contributed by atoms with Gasteiger partial charge in [-0.1, -0.05) is 32.8 Å². The van der Waals surface area contributed by atoms with E-state index in [1.165, 1.54) is 0 Å². The molecular weight excluding hydrogens is 406 g/mol. The molecule has 0 aliphatic carbocycles. The molecule has 0 amide bonds. The van der Waals surface area contributed by atoms with E-state index < -0.39 is 0 Å². The number of unbranched alkanes of at least 4 members (excludes halogenated alkanes) is 2. The van der Waals surface area contributed by atoms with E-state index in [4.69, 9.17) is 13.9 Å². The topological polar surface area (TPSA) is 72.1 Å². The van der Waals surface area contributed by atoms with Gasteiger partial charge in [0.05, 0.1) is 18.1 Å². The number of phenols is 1. The minimum atomic E-state index is -0.263. The molecule has 0 spiro atoms. The lowest BCUT2D eigenvalue weighted by molar-refractivity contribution is 0.253. The number of nitrogens with zero attached hydrogens (tertiary/aromatic N) is 1. The minimum absolute atomic E-state index is 0.135. The van der Waals surface area contributed by atoms with Crippen LogP contribution in [0.2, 0.25) is 0 Å². The van der Waals surface area contributed by atoms with E-state index in [0.29, 0.717) is 40.3 Å². The highest BCUT2D eigenvalue weighted by atomic mass is 16.5. The maximum Gasteiger partial charge on any atom is 0.235 e. The van der Waals surface area contributed by atoms with Crippen LogP contribution in [-0.2, 0) is 6.54 Å². The van der Waals surface area contributed by atoms with Crippen LogP contribution in [0.4, 0.5) is 0 Å². The average molecular weight is 440 g/mol. The molecule has 172 valence electrons. The molecule has 32 heavy (non-hydrogen) atoms. The summed E-state index contributed by atoms with van der Waals surface area (Å²) < 4.78 is 17.2. The zero-order chi connectivity index (χ0) is 23.1. The summed E-state index contributed by atoms with van der Waals surface area (Å²) in [6, 6.07) is 10.2. The van der Waals surface area contributed by atoms with Crippen LogP contribution in [0.25, 0.3) is 11.0 Å². The van der Waals surface area contributed by atoms with Gasteiger partial charge in [0.2, 0.25) is 11.2 Å². The largest absolute Gasteiger partial charge is 0.507 e. The van der Waals surface area contributed by atoms with E-state index in [-0.39, 0.29) is 16.9 Å². The highest BCUT2D eigenvalue weighted by molar-refractivity contribution is 5.83. The highest BCUT2D eigenvalue weighted by Gasteiger charge is 2.20. The van der Waals surface area contributed by atoms with E-state index in [2.05, 4.69) is 18.7 Å². The van der Waals surface area contributed by atoms with E-state index in [1.54, 1.807) is 50.4 Å². The number of ether oxygens (including phenoxy) is 2. The number of rotatable bonds is 11. The van der Waals surface area contributed by atoms with Crippen LogP contribution < -0.4 is 14.9 Å². The van der Waals surface area contributed by atoms with Crippen molar-refractivity contribution in [1.29, 1.82) is 0 Å². The molecule has 6 heteroatoms. The van der Waals surface area contributed by atoms with Crippen LogP contribution in [0.3, 0.4) is 0 Å².